The Morgan fingerprint density at radius 3 is 2.43 bits per heavy atom. The van der Waals surface area contributed by atoms with E-state index in [0.717, 1.165) is 29.3 Å². The van der Waals surface area contributed by atoms with Crippen LogP contribution in [0, 0.1) is 0 Å². The van der Waals surface area contributed by atoms with Gasteiger partial charge in [0.2, 0.25) is 0 Å². The lowest BCUT2D eigenvalue weighted by Gasteiger charge is -2.20. The van der Waals surface area contributed by atoms with Crippen molar-refractivity contribution in [2.45, 2.75) is 23.7 Å². The number of ether oxygens (including phenoxy) is 2. The molecule has 30 heavy (non-hydrogen) atoms. The monoisotopic (exact) mass is 454 g/mol. The van der Waals surface area contributed by atoms with Gasteiger partial charge in [0, 0.05) is 19.8 Å². The Balaban J connectivity index is 2.34. The molecule has 0 saturated carbocycles. The molecule has 0 bridgehead atoms. The molecule has 0 spiro atoms. The summed E-state index contributed by atoms with van der Waals surface area (Å²) < 4.78 is 96.4. The average Bonchev–Trinajstić information content (AvgIpc) is 2.66. The van der Waals surface area contributed by atoms with Gasteiger partial charge in [0.05, 0.1) is 12.7 Å². The number of pyridine rings is 1. The van der Waals surface area contributed by atoms with Gasteiger partial charge in [-0.2, -0.15) is 22.0 Å². The van der Waals surface area contributed by atoms with Crippen LogP contribution in [0.3, 0.4) is 0 Å². The molecular formula is C17H15F5N2O5S. The van der Waals surface area contributed by atoms with E-state index in [-0.39, 0.29) is 23.6 Å². The Bertz CT molecular complexity index is 1030. The minimum absolute atomic E-state index is 0.00107. The van der Waals surface area contributed by atoms with Crippen molar-refractivity contribution in [3.05, 3.63) is 47.7 Å². The van der Waals surface area contributed by atoms with Crippen LogP contribution < -0.4 is 9.47 Å². The van der Waals surface area contributed by atoms with Crippen LogP contribution in [0.2, 0.25) is 0 Å². The van der Waals surface area contributed by atoms with Crippen LogP contribution in [0.4, 0.5) is 22.0 Å². The fourth-order valence-corrected chi connectivity index (χ4v) is 3.30. The van der Waals surface area contributed by atoms with E-state index in [1.54, 1.807) is 0 Å². The number of sulfone groups is 1. The molecule has 0 atom stereocenters. The Morgan fingerprint density at radius 1 is 1.20 bits per heavy atom. The van der Waals surface area contributed by atoms with Crippen LogP contribution in [0.15, 0.2) is 41.6 Å². The van der Waals surface area contributed by atoms with Gasteiger partial charge in [-0.1, -0.05) is 6.07 Å². The van der Waals surface area contributed by atoms with E-state index >= 15 is 0 Å². The first kappa shape index (κ1) is 23.3. The Hall–Kier alpha value is -2.96. The highest BCUT2D eigenvalue weighted by Crippen LogP contribution is 2.32. The van der Waals surface area contributed by atoms with Crippen LogP contribution in [-0.4, -0.2) is 50.5 Å². The van der Waals surface area contributed by atoms with Crippen molar-refractivity contribution in [1.82, 2.24) is 9.88 Å². The summed E-state index contributed by atoms with van der Waals surface area (Å²) in [5.41, 5.74) is -6.16. The molecule has 13 heteroatoms. The number of benzene rings is 1. The molecule has 1 amide bonds. The zero-order chi connectivity index (χ0) is 22.7. The van der Waals surface area contributed by atoms with Crippen LogP contribution in [0.1, 0.15) is 15.9 Å². The van der Waals surface area contributed by atoms with E-state index in [1.807, 2.05) is 0 Å². The normalized spacial score (nSPS) is 12.0. The molecule has 1 heterocycles. The van der Waals surface area contributed by atoms with Crippen molar-refractivity contribution in [1.29, 1.82) is 0 Å². The number of hydrogen-bond donors (Lipinski definition) is 0. The molecule has 164 valence electrons. The van der Waals surface area contributed by atoms with Crippen molar-refractivity contribution in [3.63, 3.8) is 0 Å². The van der Waals surface area contributed by atoms with Crippen molar-refractivity contribution in [2.75, 3.05) is 14.2 Å². The van der Waals surface area contributed by atoms with Gasteiger partial charge in [0.15, 0.2) is 16.5 Å². The van der Waals surface area contributed by atoms with Crippen LogP contribution in [0.25, 0.3) is 0 Å². The van der Waals surface area contributed by atoms with Crippen LogP contribution in [-0.2, 0) is 16.4 Å². The van der Waals surface area contributed by atoms with E-state index in [2.05, 4.69) is 9.72 Å². The van der Waals surface area contributed by atoms with E-state index in [1.165, 1.54) is 26.3 Å². The van der Waals surface area contributed by atoms with Gasteiger partial charge in [0.25, 0.3) is 15.7 Å². The van der Waals surface area contributed by atoms with Gasteiger partial charge in [0.1, 0.15) is 0 Å². The number of rotatable bonds is 7. The first-order valence-corrected chi connectivity index (χ1v) is 9.50. The van der Waals surface area contributed by atoms with E-state index in [4.69, 9.17) is 4.74 Å². The number of methoxy groups -OCH3 is 1. The van der Waals surface area contributed by atoms with E-state index < -0.39 is 38.5 Å². The molecule has 0 fully saturated rings. The van der Waals surface area contributed by atoms with Gasteiger partial charge < -0.3 is 14.4 Å². The fourth-order valence-electron chi connectivity index (χ4n) is 2.44. The van der Waals surface area contributed by atoms with Gasteiger partial charge in [-0.3, -0.25) is 4.79 Å². The maximum absolute atomic E-state index is 12.9. The third-order valence-corrected chi connectivity index (χ3v) is 5.22. The van der Waals surface area contributed by atoms with Crippen molar-refractivity contribution in [3.8, 4) is 11.5 Å². The van der Waals surface area contributed by atoms with Gasteiger partial charge >= 0.3 is 12.1 Å². The molecular weight excluding hydrogens is 439 g/mol. The smallest absolute Gasteiger partial charge is 0.493 e. The molecule has 0 radical (unpaired) electrons. The van der Waals surface area contributed by atoms with Crippen LogP contribution in [0.5, 0.6) is 11.5 Å². The lowest BCUT2D eigenvalue weighted by molar-refractivity contribution is -0.0513. The van der Waals surface area contributed by atoms with Gasteiger partial charge in [-0.25, -0.2) is 13.4 Å². The van der Waals surface area contributed by atoms with Crippen molar-refractivity contribution < 1.29 is 44.6 Å². The number of amides is 1. The number of carbonyl (C=O) groups excluding carboxylic acids is 1. The maximum atomic E-state index is 12.9. The second-order valence-electron chi connectivity index (χ2n) is 5.83. The minimum atomic E-state index is -5.87. The summed E-state index contributed by atoms with van der Waals surface area (Å²) in [7, 11) is -3.44. The molecule has 1 aromatic carbocycles. The molecule has 2 aromatic rings. The highest BCUT2D eigenvalue weighted by atomic mass is 32.2. The summed E-state index contributed by atoms with van der Waals surface area (Å²) in [5, 5.41) is -1.43. The molecule has 0 N–H and O–H groups in total. The summed E-state index contributed by atoms with van der Waals surface area (Å²) in [5.74, 6) is -1.38. The summed E-state index contributed by atoms with van der Waals surface area (Å²) in [6, 6.07) is 5.88. The Labute approximate surface area is 167 Å². The summed E-state index contributed by atoms with van der Waals surface area (Å²) in [6.07, 6.45) is 0.812. The maximum Gasteiger partial charge on any atom is 0.503 e. The van der Waals surface area contributed by atoms with Crippen molar-refractivity contribution in [2.24, 2.45) is 0 Å². The third-order valence-electron chi connectivity index (χ3n) is 3.77. The summed E-state index contributed by atoms with van der Waals surface area (Å²) >= 11 is 0. The van der Waals surface area contributed by atoms with Gasteiger partial charge in [-0.05, 0) is 29.8 Å². The quantitative estimate of drug-likeness (QED) is 0.597. The topological polar surface area (TPSA) is 85.8 Å². The molecule has 0 saturated heterocycles. The second-order valence-corrected chi connectivity index (χ2v) is 7.69. The fraction of sp³-hybridized carbons (Fsp3) is 0.294. The molecule has 7 nitrogen and oxygen atoms in total. The molecule has 0 aliphatic carbocycles. The first-order valence-electron chi connectivity index (χ1n) is 8.02. The predicted molar refractivity (Wildman–Crippen MR) is 92.9 cm³/mol. The Morgan fingerprint density at radius 2 is 1.87 bits per heavy atom. The summed E-state index contributed by atoms with van der Waals surface area (Å²) in [4.78, 5) is 16.7. The molecule has 0 aliphatic rings. The average molecular weight is 454 g/mol. The highest BCUT2D eigenvalue weighted by Gasteiger charge is 2.49. The molecule has 1 aromatic heterocycles. The molecule has 0 aliphatic heterocycles. The Kier molecular flexibility index (Phi) is 6.85. The van der Waals surface area contributed by atoms with Gasteiger partial charge in [-0.15, -0.1) is 0 Å². The van der Waals surface area contributed by atoms with E-state index in [9.17, 15) is 35.2 Å². The number of carbonyl (C=O) groups is 1. The third kappa shape index (κ3) is 4.96. The summed E-state index contributed by atoms with van der Waals surface area (Å²) in [6.45, 7) is -3.40. The van der Waals surface area contributed by atoms with Crippen LogP contribution >= 0.6 is 0 Å². The lowest BCUT2D eigenvalue weighted by atomic mass is 10.1. The molecule has 0 unspecified atom stereocenters. The molecule has 2 rings (SSSR count). The first-order chi connectivity index (χ1) is 13.9. The number of hydrogen-bond acceptors (Lipinski definition) is 6. The van der Waals surface area contributed by atoms with E-state index in [0.29, 0.717) is 0 Å². The minimum Gasteiger partial charge on any atom is -0.493 e. The number of aromatic nitrogens is 1. The number of alkyl halides is 5. The highest BCUT2D eigenvalue weighted by molar-refractivity contribution is 7.92. The zero-order valence-corrected chi connectivity index (χ0v) is 16.3. The second kappa shape index (κ2) is 8.81. The number of halogens is 5. The number of nitrogens with zero attached hydrogens (tertiary/aromatic N) is 2. The zero-order valence-electron chi connectivity index (χ0n) is 15.5. The SMILES string of the molecule is COc1ccc(CN(C)C(=O)c2cccnc2S(=O)(=O)C(F)(F)F)cc1OC(F)F. The standard InChI is InChI=1S/C17H15F5N2O5S/c1-24(9-10-5-6-12(28-2)13(8-10)29-16(18)19)15(25)11-4-3-7-23-14(11)30(26,27)17(20,21)22/h3-8,16H,9H2,1-2H3. The predicted octanol–water partition coefficient (Wildman–Crippen LogP) is 3.26. The van der Waals surface area contributed by atoms with Crippen molar-refractivity contribution >= 4 is 15.7 Å². The lowest BCUT2D eigenvalue weighted by Crippen LogP contribution is -2.31. The largest absolute Gasteiger partial charge is 0.503 e.